The average Bonchev–Trinajstić information content (AvgIpc) is 3.42. The van der Waals surface area contributed by atoms with Crippen LogP contribution in [-0.2, 0) is 11.3 Å². The number of hydrogen-bond acceptors (Lipinski definition) is 8. The molecule has 9 nitrogen and oxygen atoms in total. The van der Waals surface area contributed by atoms with Crippen LogP contribution in [-0.4, -0.2) is 32.9 Å². The zero-order chi connectivity index (χ0) is 21.1. The fraction of sp³-hybridized carbons (Fsp3) is 0.150. The summed E-state index contributed by atoms with van der Waals surface area (Å²) in [5, 5.41) is 12.9. The Morgan fingerprint density at radius 1 is 1.30 bits per heavy atom. The molecule has 4 heterocycles. The van der Waals surface area contributed by atoms with Crippen LogP contribution in [0.15, 0.2) is 57.3 Å². The zero-order valence-electron chi connectivity index (χ0n) is 16.2. The molecule has 0 fully saturated rings. The highest BCUT2D eigenvalue weighted by atomic mass is 32.1. The lowest BCUT2D eigenvalue weighted by Crippen LogP contribution is -2.29. The number of thiophene rings is 1. The summed E-state index contributed by atoms with van der Waals surface area (Å²) in [7, 11) is 1.51. The number of methoxy groups -OCH3 is 1. The van der Waals surface area contributed by atoms with Gasteiger partial charge in [-0.3, -0.25) is 9.59 Å². The highest BCUT2D eigenvalue weighted by molar-refractivity contribution is 7.13. The van der Waals surface area contributed by atoms with E-state index in [2.05, 4.69) is 20.6 Å². The maximum absolute atomic E-state index is 12.6. The number of rotatable bonds is 6. The van der Waals surface area contributed by atoms with E-state index in [9.17, 15) is 9.59 Å². The molecule has 4 aromatic heterocycles. The highest BCUT2D eigenvalue weighted by Gasteiger charge is 2.18. The van der Waals surface area contributed by atoms with E-state index in [-0.39, 0.29) is 6.54 Å². The lowest BCUT2D eigenvalue weighted by molar-refractivity contribution is -0.117. The summed E-state index contributed by atoms with van der Waals surface area (Å²) >= 11 is 1.47. The minimum Gasteiger partial charge on any atom is -0.481 e. The summed E-state index contributed by atoms with van der Waals surface area (Å²) in [5.74, 6) is 0.475. The van der Waals surface area contributed by atoms with Gasteiger partial charge in [0.05, 0.1) is 35.1 Å². The SMILES string of the molecule is COc1ccc(NC(=O)Cn2nc(-c3cccs3)c(-c3cc(C)no3)cc2=O)cn1. The topological polar surface area (TPSA) is 112 Å². The Bertz CT molecular complexity index is 1230. The van der Waals surface area contributed by atoms with Crippen LogP contribution in [0.1, 0.15) is 5.69 Å². The predicted octanol–water partition coefficient (Wildman–Crippen LogP) is 2.98. The zero-order valence-corrected chi connectivity index (χ0v) is 17.0. The van der Waals surface area contributed by atoms with E-state index in [4.69, 9.17) is 9.26 Å². The lowest BCUT2D eigenvalue weighted by Gasteiger charge is -2.10. The van der Waals surface area contributed by atoms with E-state index in [1.54, 1.807) is 25.1 Å². The van der Waals surface area contributed by atoms with E-state index in [1.165, 1.54) is 30.7 Å². The second-order valence-electron chi connectivity index (χ2n) is 6.35. The Hall–Kier alpha value is -3.79. The second kappa shape index (κ2) is 8.29. The molecule has 0 aliphatic rings. The van der Waals surface area contributed by atoms with Gasteiger partial charge in [-0.2, -0.15) is 5.10 Å². The number of aryl methyl sites for hydroxylation is 1. The molecule has 0 radical (unpaired) electrons. The van der Waals surface area contributed by atoms with Gasteiger partial charge in [0, 0.05) is 18.2 Å². The number of nitrogens with one attached hydrogen (secondary N) is 1. The third-order valence-corrected chi connectivity index (χ3v) is 5.05. The Kier molecular flexibility index (Phi) is 5.40. The van der Waals surface area contributed by atoms with E-state index >= 15 is 0 Å². The van der Waals surface area contributed by atoms with Gasteiger partial charge in [-0.25, -0.2) is 9.67 Å². The van der Waals surface area contributed by atoms with Crippen molar-refractivity contribution in [2.24, 2.45) is 0 Å². The van der Waals surface area contributed by atoms with Crippen LogP contribution < -0.4 is 15.6 Å². The number of anilines is 1. The molecule has 4 aromatic rings. The summed E-state index contributed by atoms with van der Waals surface area (Å²) in [4.78, 5) is 30.0. The molecule has 0 atom stereocenters. The van der Waals surface area contributed by atoms with Gasteiger partial charge in [0.1, 0.15) is 12.2 Å². The molecular weight excluding hydrogens is 406 g/mol. The molecule has 0 aliphatic carbocycles. The van der Waals surface area contributed by atoms with Gasteiger partial charge in [-0.15, -0.1) is 11.3 Å². The van der Waals surface area contributed by atoms with Crippen molar-refractivity contribution in [2.45, 2.75) is 13.5 Å². The first-order valence-corrected chi connectivity index (χ1v) is 9.81. The fourth-order valence-electron chi connectivity index (χ4n) is 2.79. The number of carbonyl (C=O) groups excluding carboxylic acids is 1. The van der Waals surface area contributed by atoms with Crippen LogP contribution in [0, 0.1) is 6.92 Å². The van der Waals surface area contributed by atoms with Crippen molar-refractivity contribution in [3.63, 3.8) is 0 Å². The standard InChI is InChI=1S/C20H17N5O4S/c1-12-8-15(29-24-12)14-9-19(27)25(23-20(14)16-4-3-7-30-16)11-17(26)22-13-5-6-18(28-2)21-10-13/h3-10H,11H2,1-2H3,(H,22,26). The molecule has 1 amide bonds. The summed E-state index contributed by atoms with van der Waals surface area (Å²) in [6.45, 7) is 1.55. The lowest BCUT2D eigenvalue weighted by atomic mass is 10.1. The van der Waals surface area contributed by atoms with E-state index in [0.717, 1.165) is 9.56 Å². The quantitative estimate of drug-likeness (QED) is 0.507. The molecule has 0 saturated carbocycles. The third-order valence-electron chi connectivity index (χ3n) is 4.17. The molecule has 0 spiro atoms. The van der Waals surface area contributed by atoms with Crippen LogP contribution in [0.3, 0.4) is 0 Å². The van der Waals surface area contributed by atoms with E-state index in [0.29, 0.717) is 34.3 Å². The average molecular weight is 423 g/mol. The van der Waals surface area contributed by atoms with Crippen molar-refractivity contribution in [1.29, 1.82) is 0 Å². The van der Waals surface area contributed by atoms with Crippen molar-refractivity contribution in [3.05, 3.63) is 64.0 Å². The first kappa shape index (κ1) is 19.5. The first-order valence-electron chi connectivity index (χ1n) is 8.93. The number of hydrogen-bond donors (Lipinski definition) is 1. The van der Waals surface area contributed by atoms with Gasteiger partial charge < -0.3 is 14.6 Å². The summed E-state index contributed by atoms with van der Waals surface area (Å²) < 4.78 is 11.4. The number of pyridine rings is 1. The molecule has 0 aromatic carbocycles. The molecule has 0 unspecified atom stereocenters. The van der Waals surface area contributed by atoms with Crippen molar-refractivity contribution < 1.29 is 14.1 Å². The molecular formula is C20H17N5O4S. The van der Waals surface area contributed by atoms with Crippen molar-refractivity contribution in [2.75, 3.05) is 12.4 Å². The first-order chi connectivity index (χ1) is 14.5. The van der Waals surface area contributed by atoms with Crippen LogP contribution in [0.2, 0.25) is 0 Å². The molecule has 10 heteroatoms. The number of amides is 1. The molecule has 152 valence electrons. The predicted molar refractivity (Wildman–Crippen MR) is 111 cm³/mol. The van der Waals surface area contributed by atoms with Gasteiger partial charge >= 0.3 is 0 Å². The van der Waals surface area contributed by atoms with Gasteiger partial charge in [0.25, 0.3) is 5.56 Å². The van der Waals surface area contributed by atoms with Gasteiger partial charge in [-0.1, -0.05) is 11.2 Å². The van der Waals surface area contributed by atoms with Crippen molar-refractivity contribution in [1.82, 2.24) is 19.9 Å². The smallest absolute Gasteiger partial charge is 0.268 e. The summed E-state index contributed by atoms with van der Waals surface area (Å²) in [6.07, 6.45) is 1.47. The molecule has 4 rings (SSSR count). The van der Waals surface area contributed by atoms with E-state index in [1.807, 2.05) is 17.5 Å². The Labute approximate surface area is 174 Å². The Balaban J connectivity index is 1.64. The monoisotopic (exact) mass is 423 g/mol. The normalized spacial score (nSPS) is 10.7. The second-order valence-corrected chi connectivity index (χ2v) is 7.30. The van der Waals surface area contributed by atoms with Crippen molar-refractivity contribution in [3.8, 4) is 27.8 Å². The largest absolute Gasteiger partial charge is 0.481 e. The molecule has 0 bridgehead atoms. The third kappa shape index (κ3) is 4.13. The van der Waals surface area contributed by atoms with Gasteiger partial charge in [-0.05, 0) is 24.4 Å². The van der Waals surface area contributed by atoms with Gasteiger partial charge in [0.2, 0.25) is 11.8 Å². The van der Waals surface area contributed by atoms with Crippen LogP contribution >= 0.6 is 11.3 Å². The van der Waals surface area contributed by atoms with Crippen LogP contribution in [0.5, 0.6) is 5.88 Å². The number of nitrogens with zero attached hydrogens (tertiary/aromatic N) is 4. The minimum absolute atomic E-state index is 0.251. The Morgan fingerprint density at radius 2 is 2.17 bits per heavy atom. The van der Waals surface area contributed by atoms with E-state index < -0.39 is 11.5 Å². The molecule has 30 heavy (non-hydrogen) atoms. The number of carbonyl (C=O) groups is 1. The summed E-state index contributed by atoms with van der Waals surface area (Å²) in [6, 6.07) is 10.2. The molecule has 0 saturated heterocycles. The Morgan fingerprint density at radius 3 is 2.80 bits per heavy atom. The molecule has 1 N–H and O–H groups in total. The van der Waals surface area contributed by atoms with Crippen molar-refractivity contribution >= 4 is 22.9 Å². The maximum Gasteiger partial charge on any atom is 0.268 e. The van der Waals surface area contributed by atoms with Crippen LogP contribution in [0.25, 0.3) is 21.9 Å². The number of aromatic nitrogens is 4. The molecule has 0 aliphatic heterocycles. The summed E-state index contributed by atoms with van der Waals surface area (Å²) in [5.41, 5.74) is 1.82. The maximum atomic E-state index is 12.6. The van der Waals surface area contributed by atoms with Gasteiger partial charge in [0.15, 0.2) is 5.76 Å². The number of ether oxygens (including phenoxy) is 1. The fourth-order valence-corrected chi connectivity index (χ4v) is 3.51. The highest BCUT2D eigenvalue weighted by Crippen LogP contribution is 2.32. The minimum atomic E-state index is -0.428. The van der Waals surface area contributed by atoms with Crippen LogP contribution in [0.4, 0.5) is 5.69 Å².